The predicted molar refractivity (Wildman–Crippen MR) is 71.6 cm³/mol. The van der Waals surface area contributed by atoms with E-state index in [9.17, 15) is 18.0 Å². The lowest BCUT2D eigenvalue weighted by Gasteiger charge is -2.08. The standard InChI is InChI=1S/C12H16N2O5S/c1-20(18,19)9-4-2-8(3-5-9)7-14-11(15)6-10(13)12(16)17/h2-5,10H,6-7,13H2,1H3,(H,14,15)(H,16,17). The minimum atomic E-state index is -3.25. The van der Waals surface area contributed by atoms with Gasteiger partial charge in [0.1, 0.15) is 6.04 Å². The summed E-state index contributed by atoms with van der Waals surface area (Å²) in [6, 6.07) is 4.81. The normalized spacial score (nSPS) is 12.7. The molecular formula is C12H16N2O5S. The Hall–Kier alpha value is -1.93. The third kappa shape index (κ3) is 4.98. The number of carbonyl (C=O) groups excluding carboxylic acids is 1. The molecule has 1 rings (SSSR count). The molecular weight excluding hydrogens is 284 g/mol. The number of sulfone groups is 1. The smallest absolute Gasteiger partial charge is 0.321 e. The largest absolute Gasteiger partial charge is 0.480 e. The number of rotatable bonds is 6. The van der Waals surface area contributed by atoms with Crippen molar-refractivity contribution < 1.29 is 23.1 Å². The molecule has 1 amide bonds. The number of nitrogens with one attached hydrogen (secondary N) is 1. The van der Waals surface area contributed by atoms with Gasteiger partial charge in [-0.05, 0) is 17.7 Å². The molecule has 7 nitrogen and oxygen atoms in total. The van der Waals surface area contributed by atoms with Crippen LogP contribution in [0.15, 0.2) is 29.2 Å². The summed E-state index contributed by atoms with van der Waals surface area (Å²) in [5, 5.41) is 11.1. The lowest BCUT2D eigenvalue weighted by Crippen LogP contribution is -2.36. The van der Waals surface area contributed by atoms with E-state index in [1.165, 1.54) is 12.1 Å². The molecule has 0 fully saturated rings. The number of carboxylic acid groups (broad SMARTS) is 1. The van der Waals surface area contributed by atoms with Crippen molar-refractivity contribution in [2.24, 2.45) is 5.73 Å². The molecule has 0 aliphatic carbocycles. The Kier molecular flexibility index (Phi) is 5.23. The van der Waals surface area contributed by atoms with E-state index in [-0.39, 0.29) is 17.9 Å². The maximum absolute atomic E-state index is 11.4. The number of carbonyl (C=O) groups is 2. The lowest BCUT2D eigenvalue weighted by atomic mass is 10.2. The summed E-state index contributed by atoms with van der Waals surface area (Å²) in [7, 11) is -3.25. The number of hydrogen-bond donors (Lipinski definition) is 3. The summed E-state index contributed by atoms with van der Waals surface area (Å²) < 4.78 is 22.5. The fourth-order valence-corrected chi connectivity index (χ4v) is 2.04. The first-order valence-electron chi connectivity index (χ1n) is 5.74. The second-order valence-electron chi connectivity index (χ2n) is 4.34. The van der Waals surface area contributed by atoms with E-state index < -0.39 is 27.8 Å². The van der Waals surface area contributed by atoms with Gasteiger partial charge in [0.25, 0.3) is 0 Å². The summed E-state index contributed by atoms with van der Waals surface area (Å²) in [6.07, 6.45) is 0.799. The van der Waals surface area contributed by atoms with Crippen molar-refractivity contribution in [1.82, 2.24) is 5.32 Å². The first kappa shape index (κ1) is 16.1. The van der Waals surface area contributed by atoms with E-state index >= 15 is 0 Å². The van der Waals surface area contributed by atoms with E-state index in [2.05, 4.69) is 5.32 Å². The van der Waals surface area contributed by atoms with Gasteiger partial charge >= 0.3 is 5.97 Å². The Balaban J connectivity index is 2.54. The molecule has 110 valence electrons. The Morgan fingerprint density at radius 2 is 1.85 bits per heavy atom. The van der Waals surface area contributed by atoms with Gasteiger partial charge in [-0.3, -0.25) is 9.59 Å². The average molecular weight is 300 g/mol. The van der Waals surface area contributed by atoms with Crippen LogP contribution in [-0.2, 0) is 26.0 Å². The second kappa shape index (κ2) is 6.49. The van der Waals surface area contributed by atoms with Crippen LogP contribution in [0.1, 0.15) is 12.0 Å². The molecule has 0 aromatic heterocycles. The van der Waals surface area contributed by atoms with E-state index in [0.717, 1.165) is 6.26 Å². The Morgan fingerprint density at radius 1 is 1.30 bits per heavy atom. The highest BCUT2D eigenvalue weighted by atomic mass is 32.2. The third-order valence-corrected chi connectivity index (χ3v) is 3.69. The molecule has 1 aromatic carbocycles. The molecule has 0 radical (unpaired) electrons. The van der Waals surface area contributed by atoms with Crippen molar-refractivity contribution >= 4 is 21.7 Å². The van der Waals surface area contributed by atoms with Gasteiger partial charge in [-0.1, -0.05) is 12.1 Å². The second-order valence-corrected chi connectivity index (χ2v) is 6.36. The van der Waals surface area contributed by atoms with E-state index in [1.807, 2.05) is 0 Å². The number of nitrogens with two attached hydrogens (primary N) is 1. The van der Waals surface area contributed by atoms with Crippen LogP contribution in [0.2, 0.25) is 0 Å². The van der Waals surface area contributed by atoms with Crippen molar-refractivity contribution in [2.75, 3.05) is 6.26 Å². The van der Waals surface area contributed by atoms with Crippen LogP contribution in [0.4, 0.5) is 0 Å². The van der Waals surface area contributed by atoms with E-state index in [0.29, 0.717) is 5.56 Å². The maximum Gasteiger partial charge on any atom is 0.321 e. The van der Waals surface area contributed by atoms with Gasteiger partial charge in [0, 0.05) is 12.8 Å². The number of benzene rings is 1. The molecule has 0 saturated carbocycles. The fourth-order valence-electron chi connectivity index (χ4n) is 1.41. The van der Waals surface area contributed by atoms with Crippen molar-refractivity contribution in [1.29, 1.82) is 0 Å². The van der Waals surface area contributed by atoms with Crippen LogP contribution in [0.25, 0.3) is 0 Å². The summed E-state index contributed by atoms with van der Waals surface area (Å²) in [5.74, 6) is -1.72. The van der Waals surface area contributed by atoms with Crippen molar-refractivity contribution in [2.45, 2.75) is 23.9 Å². The number of amides is 1. The maximum atomic E-state index is 11.4. The van der Waals surface area contributed by atoms with Crippen LogP contribution < -0.4 is 11.1 Å². The highest BCUT2D eigenvalue weighted by molar-refractivity contribution is 7.90. The molecule has 1 unspecified atom stereocenters. The summed E-state index contributed by atoms with van der Waals surface area (Å²) >= 11 is 0. The monoisotopic (exact) mass is 300 g/mol. The van der Waals surface area contributed by atoms with E-state index in [1.54, 1.807) is 12.1 Å². The number of aliphatic carboxylic acids is 1. The minimum absolute atomic E-state index is 0.176. The number of hydrogen-bond acceptors (Lipinski definition) is 5. The Morgan fingerprint density at radius 3 is 2.30 bits per heavy atom. The van der Waals surface area contributed by atoms with Crippen LogP contribution in [0, 0.1) is 0 Å². The zero-order chi connectivity index (χ0) is 15.3. The van der Waals surface area contributed by atoms with Gasteiger partial charge < -0.3 is 16.2 Å². The molecule has 0 heterocycles. The average Bonchev–Trinajstić information content (AvgIpc) is 2.35. The first-order chi connectivity index (χ1) is 9.20. The molecule has 0 aliphatic heterocycles. The van der Waals surface area contributed by atoms with Gasteiger partial charge in [0.2, 0.25) is 5.91 Å². The van der Waals surface area contributed by atoms with Gasteiger partial charge in [-0.25, -0.2) is 8.42 Å². The van der Waals surface area contributed by atoms with Crippen LogP contribution in [0.5, 0.6) is 0 Å². The third-order valence-electron chi connectivity index (χ3n) is 2.56. The summed E-state index contributed by atoms with van der Waals surface area (Å²) in [6.45, 7) is 0.176. The first-order valence-corrected chi connectivity index (χ1v) is 7.63. The fraction of sp³-hybridized carbons (Fsp3) is 0.333. The van der Waals surface area contributed by atoms with Gasteiger partial charge in [0.15, 0.2) is 9.84 Å². The summed E-state index contributed by atoms with van der Waals surface area (Å²) in [4.78, 5) is 22.1. The SMILES string of the molecule is CS(=O)(=O)c1ccc(CNC(=O)CC(N)C(=O)O)cc1. The van der Waals surface area contributed by atoms with Crippen molar-refractivity contribution in [3.8, 4) is 0 Å². The Labute approximate surface area is 116 Å². The van der Waals surface area contributed by atoms with Gasteiger partial charge in [-0.15, -0.1) is 0 Å². The topological polar surface area (TPSA) is 127 Å². The summed E-state index contributed by atoms with van der Waals surface area (Å²) in [5.41, 5.74) is 5.93. The molecule has 1 atom stereocenters. The Bertz CT molecular complexity index is 595. The van der Waals surface area contributed by atoms with E-state index in [4.69, 9.17) is 10.8 Å². The predicted octanol–water partition coefficient (Wildman–Crippen LogP) is -0.492. The molecule has 1 aromatic rings. The van der Waals surface area contributed by atoms with Crippen LogP contribution in [0.3, 0.4) is 0 Å². The zero-order valence-electron chi connectivity index (χ0n) is 10.9. The highest BCUT2D eigenvalue weighted by Crippen LogP contribution is 2.10. The molecule has 0 aliphatic rings. The molecule has 0 saturated heterocycles. The zero-order valence-corrected chi connectivity index (χ0v) is 11.7. The minimum Gasteiger partial charge on any atom is -0.480 e. The quantitative estimate of drug-likeness (QED) is 0.650. The van der Waals surface area contributed by atoms with Crippen molar-refractivity contribution in [3.05, 3.63) is 29.8 Å². The van der Waals surface area contributed by atoms with Gasteiger partial charge in [-0.2, -0.15) is 0 Å². The van der Waals surface area contributed by atoms with Crippen LogP contribution in [-0.4, -0.2) is 37.7 Å². The molecule has 0 bridgehead atoms. The lowest BCUT2D eigenvalue weighted by molar-refractivity contribution is -0.140. The number of carboxylic acids is 1. The highest BCUT2D eigenvalue weighted by Gasteiger charge is 2.15. The van der Waals surface area contributed by atoms with Crippen molar-refractivity contribution in [3.63, 3.8) is 0 Å². The van der Waals surface area contributed by atoms with Crippen LogP contribution >= 0.6 is 0 Å². The molecule has 20 heavy (non-hydrogen) atoms. The van der Waals surface area contributed by atoms with Gasteiger partial charge in [0.05, 0.1) is 11.3 Å². The molecule has 4 N–H and O–H groups in total. The molecule has 0 spiro atoms. The molecule has 8 heteroatoms.